The fourth-order valence-electron chi connectivity index (χ4n) is 2.40. The van der Waals surface area contributed by atoms with Gasteiger partial charge in [0.2, 0.25) is 10.0 Å². The molecule has 0 atom stereocenters. The predicted octanol–water partition coefficient (Wildman–Crippen LogP) is 2.74. The van der Waals surface area contributed by atoms with E-state index in [4.69, 9.17) is 0 Å². The van der Waals surface area contributed by atoms with Crippen LogP contribution >= 0.6 is 11.3 Å². The molecule has 0 spiro atoms. The molecule has 0 fully saturated rings. The number of halogens is 1. The zero-order chi connectivity index (χ0) is 20.9. The van der Waals surface area contributed by atoms with Gasteiger partial charge >= 0.3 is 0 Å². The summed E-state index contributed by atoms with van der Waals surface area (Å²) in [5.74, 6) is -1.48. The summed E-state index contributed by atoms with van der Waals surface area (Å²) >= 11 is 1.38. The van der Waals surface area contributed by atoms with Crippen molar-refractivity contribution in [3.05, 3.63) is 77.1 Å². The summed E-state index contributed by atoms with van der Waals surface area (Å²) in [6.45, 7) is 3.51. The van der Waals surface area contributed by atoms with Crippen molar-refractivity contribution in [1.82, 2.24) is 20.0 Å². The van der Waals surface area contributed by atoms with Crippen LogP contribution in [0.15, 0.2) is 65.7 Å². The molecule has 2 heterocycles. The highest BCUT2D eigenvalue weighted by atomic mass is 32.2. The van der Waals surface area contributed by atoms with Gasteiger partial charge in [0, 0.05) is 35.4 Å². The van der Waals surface area contributed by atoms with Crippen LogP contribution in [0.25, 0.3) is 11.3 Å². The molecule has 0 saturated carbocycles. The topological polar surface area (TPSA) is 101 Å². The fraction of sp³-hybridized carbons (Fsp3) is 0.105. The van der Waals surface area contributed by atoms with Crippen LogP contribution in [-0.2, 0) is 16.6 Å². The number of carbonyl (C=O) groups excluding carboxylic acids is 1. The number of rotatable bonds is 8. The van der Waals surface area contributed by atoms with Gasteiger partial charge in [-0.05, 0) is 30.3 Å². The Balaban J connectivity index is 1.71. The Kier molecular flexibility index (Phi) is 6.47. The number of sulfonamides is 1. The van der Waals surface area contributed by atoms with Crippen LogP contribution in [0.3, 0.4) is 0 Å². The smallest absolute Gasteiger partial charge is 0.251 e. The molecule has 0 aliphatic carbocycles. The summed E-state index contributed by atoms with van der Waals surface area (Å²) in [6.07, 6.45) is 4.67. The number of carbonyl (C=O) groups is 1. The molecule has 0 aliphatic rings. The number of nitrogens with zero attached hydrogens (tertiary/aromatic N) is 2. The molecule has 3 aromatic rings. The Labute approximate surface area is 171 Å². The predicted molar refractivity (Wildman–Crippen MR) is 108 cm³/mol. The molecule has 150 valence electrons. The van der Waals surface area contributed by atoms with Gasteiger partial charge in [-0.15, -0.1) is 17.9 Å². The van der Waals surface area contributed by atoms with E-state index in [2.05, 4.69) is 26.6 Å². The Bertz CT molecular complexity index is 1130. The number of amides is 1. The number of thiazole rings is 1. The minimum atomic E-state index is -4.10. The van der Waals surface area contributed by atoms with Crippen LogP contribution < -0.4 is 10.0 Å². The van der Waals surface area contributed by atoms with E-state index in [0.29, 0.717) is 5.01 Å². The van der Waals surface area contributed by atoms with Gasteiger partial charge in [-0.2, -0.15) is 0 Å². The standard InChI is InChI=1S/C19H17FN4O3S2/c1-2-7-23-29(26,27)17-10-14(3-4-15(17)20)19(25)22-11-18-24-16(12-28-18)13-5-8-21-9-6-13/h2-6,8-10,12,23H,1,7,11H2,(H,22,25). The maximum absolute atomic E-state index is 14.0. The van der Waals surface area contributed by atoms with Gasteiger partial charge in [-0.25, -0.2) is 22.5 Å². The van der Waals surface area contributed by atoms with Gasteiger partial charge in [-0.1, -0.05) is 6.08 Å². The number of aromatic nitrogens is 2. The zero-order valence-electron chi connectivity index (χ0n) is 15.1. The molecule has 29 heavy (non-hydrogen) atoms. The molecule has 0 saturated heterocycles. The first-order valence-electron chi connectivity index (χ1n) is 8.44. The van der Waals surface area contributed by atoms with Gasteiger partial charge in [0.25, 0.3) is 5.91 Å². The van der Waals surface area contributed by atoms with Gasteiger partial charge in [0.15, 0.2) is 0 Å². The molecule has 3 rings (SSSR count). The van der Waals surface area contributed by atoms with Crippen molar-refractivity contribution in [2.75, 3.05) is 6.54 Å². The van der Waals surface area contributed by atoms with E-state index in [-0.39, 0.29) is 18.7 Å². The van der Waals surface area contributed by atoms with E-state index >= 15 is 0 Å². The number of hydrogen-bond acceptors (Lipinski definition) is 6. The summed E-state index contributed by atoms with van der Waals surface area (Å²) in [5.41, 5.74) is 1.70. The van der Waals surface area contributed by atoms with E-state index in [1.54, 1.807) is 12.4 Å². The summed E-state index contributed by atoms with van der Waals surface area (Å²) in [6, 6.07) is 6.83. The SMILES string of the molecule is C=CCNS(=O)(=O)c1cc(C(=O)NCc2nc(-c3ccncc3)cs2)ccc1F. The lowest BCUT2D eigenvalue weighted by Gasteiger charge is -2.09. The minimum Gasteiger partial charge on any atom is -0.346 e. The molecule has 1 amide bonds. The minimum absolute atomic E-state index is 0.0243. The van der Waals surface area contributed by atoms with E-state index < -0.39 is 26.6 Å². The highest BCUT2D eigenvalue weighted by Crippen LogP contribution is 2.21. The molecule has 2 aromatic heterocycles. The lowest BCUT2D eigenvalue weighted by Crippen LogP contribution is -2.26. The number of benzene rings is 1. The number of hydrogen-bond donors (Lipinski definition) is 2. The Hall–Kier alpha value is -2.95. The maximum Gasteiger partial charge on any atom is 0.251 e. The Morgan fingerprint density at radius 3 is 2.72 bits per heavy atom. The highest BCUT2D eigenvalue weighted by molar-refractivity contribution is 7.89. The molecular formula is C19H17FN4O3S2. The van der Waals surface area contributed by atoms with Crippen LogP contribution in [0.4, 0.5) is 4.39 Å². The van der Waals surface area contributed by atoms with Crippen molar-refractivity contribution in [2.24, 2.45) is 0 Å². The molecular weight excluding hydrogens is 415 g/mol. The van der Waals surface area contributed by atoms with Crippen LogP contribution in [0.5, 0.6) is 0 Å². The Morgan fingerprint density at radius 2 is 2.00 bits per heavy atom. The van der Waals surface area contributed by atoms with Gasteiger partial charge in [-0.3, -0.25) is 9.78 Å². The van der Waals surface area contributed by atoms with Crippen molar-refractivity contribution in [3.8, 4) is 11.3 Å². The summed E-state index contributed by atoms with van der Waals surface area (Å²) < 4.78 is 40.5. The van der Waals surface area contributed by atoms with E-state index in [9.17, 15) is 17.6 Å². The second-order valence-corrected chi connectivity index (χ2v) is 8.51. The van der Waals surface area contributed by atoms with Crippen molar-refractivity contribution in [1.29, 1.82) is 0 Å². The first-order valence-corrected chi connectivity index (χ1v) is 10.8. The third-order valence-electron chi connectivity index (χ3n) is 3.83. The van der Waals surface area contributed by atoms with Gasteiger partial charge in [0.05, 0.1) is 12.2 Å². The molecule has 0 unspecified atom stereocenters. The van der Waals surface area contributed by atoms with Crippen molar-refractivity contribution in [3.63, 3.8) is 0 Å². The second kappa shape index (κ2) is 9.03. The first-order chi connectivity index (χ1) is 13.9. The second-order valence-electron chi connectivity index (χ2n) is 5.83. The average molecular weight is 433 g/mol. The van der Waals surface area contributed by atoms with Crippen molar-refractivity contribution in [2.45, 2.75) is 11.4 Å². The largest absolute Gasteiger partial charge is 0.346 e. The van der Waals surface area contributed by atoms with Crippen LogP contribution in [0.1, 0.15) is 15.4 Å². The third kappa shape index (κ3) is 5.11. The van der Waals surface area contributed by atoms with Crippen LogP contribution in [-0.4, -0.2) is 30.8 Å². The van der Waals surface area contributed by atoms with E-state index in [1.807, 2.05) is 17.5 Å². The fourth-order valence-corrected chi connectivity index (χ4v) is 4.24. The normalized spacial score (nSPS) is 11.2. The lowest BCUT2D eigenvalue weighted by molar-refractivity contribution is 0.0950. The first kappa shape index (κ1) is 20.8. The monoisotopic (exact) mass is 432 g/mol. The maximum atomic E-state index is 14.0. The molecule has 0 radical (unpaired) electrons. The molecule has 1 aromatic carbocycles. The zero-order valence-corrected chi connectivity index (χ0v) is 16.8. The summed E-state index contributed by atoms with van der Waals surface area (Å²) in [7, 11) is -4.10. The van der Waals surface area contributed by atoms with Crippen LogP contribution in [0, 0.1) is 5.82 Å². The lowest BCUT2D eigenvalue weighted by atomic mass is 10.2. The van der Waals surface area contributed by atoms with Crippen molar-refractivity contribution < 1.29 is 17.6 Å². The van der Waals surface area contributed by atoms with Gasteiger partial charge < -0.3 is 5.32 Å². The molecule has 0 aliphatic heterocycles. The number of nitrogens with one attached hydrogen (secondary N) is 2. The van der Waals surface area contributed by atoms with E-state index in [1.165, 1.54) is 23.5 Å². The third-order valence-corrected chi connectivity index (χ3v) is 6.12. The van der Waals surface area contributed by atoms with E-state index in [0.717, 1.165) is 23.4 Å². The molecule has 2 N–H and O–H groups in total. The molecule has 0 bridgehead atoms. The summed E-state index contributed by atoms with van der Waals surface area (Å²) in [5, 5.41) is 5.20. The van der Waals surface area contributed by atoms with Crippen LogP contribution in [0.2, 0.25) is 0 Å². The summed E-state index contributed by atoms with van der Waals surface area (Å²) in [4.78, 5) is 20.2. The quantitative estimate of drug-likeness (QED) is 0.533. The van der Waals surface area contributed by atoms with Crippen molar-refractivity contribution >= 4 is 27.3 Å². The Morgan fingerprint density at radius 1 is 1.24 bits per heavy atom. The number of pyridine rings is 1. The molecule has 10 heteroatoms. The molecule has 7 nitrogen and oxygen atoms in total. The average Bonchev–Trinajstić information content (AvgIpc) is 3.20. The highest BCUT2D eigenvalue weighted by Gasteiger charge is 2.20. The van der Waals surface area contributed by atoms with Gasteiger partial charge in [0.1, 0.15) is 15.7 Å².